The number of nitrogens with one attached hydrogen (secondary N) is 1. The Balaban J connectivity index is 1.81. The first kappa shape index (κ1) is 14.3. The van der Waals surface area contributed by atoms with Crippen molar-refractivity contribution in [3.05, 3.63) is 29.8 Å². The molecule has 0 saturated carbocycles. The van der Waals surface area contributed by atoms with Crippen molar-refractivity contribution < 1.29 is 14.7 Å². The molecular formula is C14H19N3O3. The number of benzene rings is 1. The van der Waals surface area contributed by atoms with Crippen molar-refractivity contribution in [1.29, 1.82) is 0 Å². The minimum absolute atomic E-state index is 0.0285. The average Bonchev–Trinajstić information content (AvgIpc) is 2.46. The van der Waals surface area contributed by atoms with Crippen molar-refractivity contribution in [2.75, 3.05) is 25.4 Å². The Morgan fingerprint density at radius 1 is 1.25 bits per heavy atom. The third-order valence-corrected chi connectivity index (χ3v) is 3.39. The van der Waals surface area contributed by atoms with E-state index in [1.54, 1.807) is 29.2 Å². The summed E-state index contributed by atoms with van der Waals surface area (Å²) >= 11 is 0. The van der Waals surface area contributed by atoms with Crippen LogP contribution >= 0.6 is 0 Å². The molecule has 1 aromatic carbocycles. The zero-order valence-electron chi connectivity index (χ0n) is 11.2. The summed E-state index contributed by atoms with van der Waals surface area (Å²) in [4.78, 5) is 25.4. The topological polar surface area (TPSA) is 95.7 Å². The van der Waals surface area contributed by atoms with Crippen LogP contribution in [0.3, 0.4) is 0 Å². The van der Waals surface area contributed by atoms with Crippen molar-refractivity contribution in [3.63, 3.8) is 0 Å². The molecule has 1 aliphatic heterocycles. The van der Waals surface area contributed by atoms with E-state index in [0.29, 0.717) is 37.2 Å². The van der Waals surface area contributed by atoms with Gasteiger partial charge in [-0.3, -0.25) is 9.59 Å². The van der Waals surface area contributed by atoms with Crippen molar-refractivity contribution in [1.82, 2.24) is 10.2 Å². The highest BCUT2D eigenvalue weighted by molar-refractivity contribution is 5.96. The molecule has 4 N–H and O–H groups in total. The van der Waals surface area contributed by atoms with E-state index in [0.717, 1.165) is 0 Å². The number of nitrogen functional groups attached to an aromatic ring is 1. The quantitative estimate of drug-likeness (QED) is 0.677. The first-order valence-corrected chi connectivity index (χ1v) is 6.66. The monoisotopic (exact) mass is 277 g/mol. The number of rotatable bonds is 3. The Morgan fingerprint density at radius 2 is 1.85 bits per heavy atom. The number of carbonyl (C=O) groups excluding carboxylic acids is 2. The summed E-state index contributed by atoms with van der Waals surface area (Å²) in [5, 5.41) is 12.0. The summed E-state index contributed by atoms with van der Waals surface area (Å²) in [5.74, 6) is -0.420. The van der Waals surface area contributed by atoms with Gasteiger partial charge in [0.1, 0.15) is 0 Å². The number of hydrogen-bond acceptors (Lipinski definition) is 4. The molecule has 0 atom stereocenters. The van der Waals surface area contributed by atoms with Crippen molar-refractivity contribution in [2.24, 2.45) is 0 Å². The Morgan fingerprint density at radius 3 is 2.45 bits per heavy atom. The summed E-state index contributed by atoms with van der Waals surface area (Å²) in [6, 6.07) is 6.52. The summed E-state index contributed by atoms with van der Waals surface area (Å²) in [7, 11) is 0. The zero-order valence-corrected chi connectivity index (χ0v) is 11.2. The van der Waals surface area contributed by atoms with E-state index in [2.05, 4.69) is 5.32 Å². The molecule has 0 spiro atoms. The highest BCUT2D eigenvalue weighted by atomic mass is 16.3. The predicted molar refractivity (Wildman–Crippen MR) is 75.0 cm³/mol. The molecule has 2 amide bonds. The standard InChI is InChI=1S/C14H19N3O3/c15-11-3-1-10(2-4-11)14(20)16-9-13(19)17-7-5-12(18)6-8-17/h1-4,12,18H,5-9,15H2,(H,16,20). The largest absolute Gasteiger partial charge is 0.399 e. The maximum Gasteiger partial charge on any atom is 0.251 e. The fraction of sp³-hybridized carbons (Fsp3) is 0.429. The number of nitrogens with two attached hydrogens (primary N) is 1. The molecular weight excluding hydrogens is 258 g/mol. The number of hydrogen-bond donors (Lipinski definition) is 3. The van der Waals surface area contributed by atoms with E-state index in [9.17, 15) is 14.7 Å². The summed E-state index contributed by atoms with van der Waals surface area (Å²) < 4.78 is 0. The first-order valence-electron chi connectivity index (χ1n) is 6.66. The van der Waals surface area contributed by atoms with E-state index < -0.39 is 0 Å². The normalized spacial score (nSPS) is 15.9. The number of aliphatic hydroxyl groups is 1. The molecule has 6 heteroatoms. The number of carbonyl (C=O) groups is 2. The molecule has 108 valence electrons. The number of nitrogens with zero attached hydrogens (tertiary/aromatic N) is 1. The summed E-state index contributed by atoms with van der Waals surface area (Å²) in [5.41, 5.74) is 6.61. The second-order valence-corrected chi connectivity index (χ2v) is 4.92. The van der Waals surface area contributed by atoms with E-state index in [-0.39, 0.29) is 24.5 Å². The smallest absolute Gasteiger partial charge is 0.251 e. The van der Waals surface area contributed by atoms with Crippen molar-refractivity contribution in [2.45, 2.75) is 18.9 Å². The van der Waals surface area contributed by atoms with E-state index in [1.807, 2.05) is 0 Å². The summed E-state index contributed by atoms with van der Waals surface area (Å²) in [6.07, 6.45) is 0.873. The van der Waals surface area contributed by atoms with Crippen LogP contribution in [0.25, 0.3) is 0 Å². The maximum atomic E-state index is 11.9. The second kappa shape index (κ2) is 6.38. The molecule has 1 saturated heterocycles. The van der Waals surface area contributed by atoms with Gasteiger partial charge in [-0.1, -0.05) is 0 Å². The molecule has 6 nitrogen and oxygen atoms in total. The van der Waals surface area contributed by atoms with Crippen LogP contribution in [0.15, 0.2) is 24.3 Å². The molecule has 0 aromatic heterocycles. The molecule has 0 radical (unpaired) electrons. The van der Waals surface area contributed by atoms with Crippen molar-refractivity contribution >= 4 is 17.5 Å². The Kier molecular flexibility index (Phi) is 4.57. The van der Waals surface area contributed by atoms with Crippen LogP contribution in [0.2, 0.25) is 0 Å². The van der Waals surface area contributed by atoms with Gasteiger partial charge in [0.15, 0.2) is 0 Å². The van der Waals surface area contributed by atoms with Crippen LogP contribution in [-0.4, -0.2) is 47.6 Å². The fourth-order valence-electron chi connectivity index (χ4n) is 2.12. The van der Waals surface area contributed by atoms with Crippen LogP contribution in [0.5, 0.6) is 0 Å². The number of piperidine rings is 1. The van der Waals surface area contributed by atoms with E-state index >= 15 is 0 Å². The van der Waals surface area contributed by atoms with Gasteiger partial charge in [0.25, 0.3) is 5.91 Å². The highest BCUT2D eigenvalue weighted by Gasteiger charge is 2.21. The van der Waals surface area contributed by atoms with Gasteiger partial charge in [-0.15, -0.1) is 0 Å². The van der Waals surface area contributed by atoms with Gasteiger partial charge in [0, 0.05) is 24.3 Å². The van der Waals surface area contributed by atoms with Crippen LogP contribution < -0.4 is 11.1 Å². The fourth-order valence-corrected chi connectivity index (χ4v) is 2.12. The van der Waals surface area contributed by atoms with E-state index in [4.69, 9.17) is 5.73 Å². The van der Waals surface area contributed by atoms with Gasteiger partial charge in [0.05, 0.1) is 12.6 Å². The molecule has 2 rings (SSSR count). The second-order valence-electron chi connectivity index (χ2n) is 4.92. The number of amides is 2. The van der Waals surface area contributed by atoms with E-state index in [1.165, 1.54) is 0 Å². The van der Waals surface area contributed by atoms with Gasteiger partial charge in [-0.05, 0) is 37.1 Å². The average molecular weight is 277 g/mol. The lowest BCUT2D eigenvalue weighted by atomic mass is 10.1. The lowest BCUT2D eigenvalue weighted by molar-refractivity contribution is -0.132. The number of aliphatic hydroxyl groups excluding tert-OH is 1. The SMILES string of the molecule is Nc1ccc(C(=O)NCC(=O)N2CCC(O)CC2)cc1. The van der Waals surface area contributed by atoms with Gasteiger partial charge >= 0.3 is 0 Å². The molecule has 1 heterocycles. The van der Waals surface area contributed by atoms with Crippen LogP contribution in [-0.2, 0) is 4.79 Å². The highest BCUT2D eigenvalue weighted by Crippen LogP contribution is 2.10. The molecule has 1 aliphatic rings. The van der Waals surface area contributed by atoms with Crippen LogP contribution in [0.4, 0.5) is 5.69 Å². The lowest BCUT2D eigenvalue weighted by Crippen LogP contribution is -2.45. The minimum atomic E-state index is -0.316. The minimum Gasteiger partial charge on any atom is -0.399 e. The van der Waals surface area contributed by atoms with Crippen LogP contribution in [0.1, 0.15) is 23.2 Å². The lowest BCUT2D eigenvalue weighted by Gasteiger charge is -2.29. The number of likely N-dealkylation sites (tertiary alicyclic amines) is 1. The number of anilines is 1. The molecule has 0 aliphatic carbocycles. The van der Waals surface area contributed by atoms with Crippen molar-refractivity contribution in [3.8, 4) is 0 Å². The van der Waals surface area contributed by atoms with Gasteiger partial charge in [-0.2, -0.15) is 0 Å². The summed E-state index contributed by atoms with van der Waals surface area (Å²) in [6.45, 7) is 1.05. The molecule has 1 aromatic rings. The van der Waals surface area contributed by atoms with Gasteiger partial charge in [-0.25, -0.2) is 0 Å². The maximum absolute atomic E-state index is 11.9. The molecule has 0 unspecified atom stereocenters. The molecule has 1 fully saturated rings. The molecule has 20 heavy (non-hydrogen) atoms. The van der Waals surface area contributed by atoms with Crippen LogP contribution in [0, 0.1) is 0 Å². The van der Waals surface area contributed by atoms with Gasteiger partial charge in [0.2, 0.25) is 5.91 Å². The Labute approximate surface area is 117 Å². The molecule has 0 bridgehead atoms. The third kappa shape index (κ3) is 3.71. The predicted octanol–water partition coefficient (Wildman–Crippen LogP) is -0.0181. The Bertz CT molecular complexity index is 479. The Hall–Kier alpha value is -2.08. The third-order valence-electron chi connectivity index (χ3n) is 3.39. The first-order chi connectivity index (χ1) is 9.56. The zero-order chi connectivity index (χ0) is 14.5. The van der Waals surface area contributed by atoms with Gasteiger partial charge < -0.3 is 21.1 Å².